The smallest absolute Gasteiger partial charge is 0.263 e. The van der Waals surface area contributed by atoms with Gasteiger partial charge < -0.3 is 10.1 Å². The van der Waals surface area contributed by atoms with Gasteiger partial charge in [0.25, 0.3) is 10.0 Å². The minimum atomic E-state index is -4.40. The lowest BCUT2D eigenvalue weighted by molar-refractivity contribution is 0.330. The maximum Gasteiger partial charge on any atom is 0.263 e. The summed E-state index contributed by atoms with van der Waals surface area (Å²) < 4.78 is 65.9. The van der Waals surface area contributed by atoms with E-state index in [0.29, 0.717) is 34.9 Å². The van der Waals surface area contributed by atoms with E-state index in [4.69, 9.17) is 27.9 Å². The number of sulfonamides is 1. The second-order valence-electron chi connectivity index (χ2n) is 8.86. The number of nitrogens with one attached hydrogen (secondary N) is 2. The molecule has 0 radical (unpaired) electrons. The van der Waals surface area contributed by atoms with Crippen molar-refractivity contribution in [1.29, 1.82) is 0 Å². The summed E-state index contributed by atoms with van der Waals surface area (Å²) in [4.78, 5) is 21.2. The van der Waals surface area contributed by atoms with Crippen LogP contribution >= 0.6 is 23.2 Å². The molecule has 0 bridgehead atoms. The van der Waals surface area contributed by atoms with Crippen LogP contribution in [0.15, 0.2) is 72.3 Å². The van der Waals surface area contributed by atoms with Crippen molar-refractivity contribution in [3.8, 4) is 11.7 Å². The molecule has 0 aliphatic carbocycles. The van der Waals surface area contributed by atoms with Crippen molar-refractivity contribution in [2.24, 2.45) is 0 Å². The van der Waals surface area contributed by atoms with Crippen molar-refractivity contribution in [3.63, 3.8) is 0 Å². The number of imidazole rings is 1. The van der Waals surface area contributed by atoms with Gasteiger partial charge in [-0.3, -0.25) is 9.29 Å². The predicted molar refractivity (Wildman–Crippen MR) is 158 cm³/mol. The number of fused-ring (bicyclic) bond motifs is 2. The normalized spacial score (nSPS) is 11.7. The van der Waals surface area contributed by atoms with Crippen LogP contribution in [0.25, 0.3) is 27.9 Å². The van der Waals surface area contributed by atoms with Crippen LogP contribution in [-0.4, -0.2) is 44.5 Å². The Morgan fingerprint density at radius 1 is 0.977 bits per heavy atom. The van der Waals surface area contributed by atoms with E-state index in [-0.39, 0.29) is 26.3 Å². The molecule has 0 saturated carbocycles. The van der Waals surface area contributed by atoms with Crippen LogP contribution in [0.3, 0.4) is 0 Å². The summed E-state index contributed by atoms with van der Waals surface area (Å²) in [5.74, 6) is -1.52. The predicted octanol–water partition coefficient (Wildman–Crippen LogP) is 6.29. The van der Waals surface area contributed by atoms with E-state index in [1.807, 2.05) is 6.92 Å². The number of rotatable bonds is 8. The van der Waals surface area contributed by atoms with Crippen LogP contribution in [0, 0.1) is 11.6 Å². The molecule has 43 heavy (non-hydrogen) atoms. The number of hydrogen-bond donors (Lipinski definition) is 2. The average molecular weight is 643 g/mol. The van der Waals surface area contributed by atoms with Gasteiger partial charge >= 0.3 is 0 Å². The Labute approximate surface area is 252 Å². The van der Waals surface area contributed by atoms with E-state index in [1.54, 1.807) is 35.3 Å². The molecule has 218 valence electrons. The number of pyridine rings is 2. The van der Waals surface area contributed by atoms with E-state index in [9.17, 15) is 12.8 Å². The summed E-state index contributed by atoms with van der Waals surface area (Å²) in [6.45, 7) is 2.24. The van der Waals surface area contributed by atoms with Crippen molar-refractivity contribution in [3.05, 3.63) is 89.1 Å². The zero-order valence-electron chi connectivity index (χ0n) is 21.9. The molecule has 6 rings (SSSR count). The molecular formula is C27H18Cl2F2N8O3S. The second kappa shape index (κ2) is 11.2. The Hall–Kier alpha value is -4.66. The van der Waals surface area contributed by atoms with Crippen LogP contribution in [-0.2, 0) is 10.0 Å². The van der Waals surface area contributed by atoms with E-state index in [2.05, 4.69) is 35.0 Å². The third kappa shape index (κ3) is 5.24. The van der Waals surface area contributed by atoms with Gasteiger partial charge in [-0.1, -0.05) is 29.3 Å². The molecule has 6 aromatic rings. The quantitative estimate of drug-likeness (QED) is 0.196. The molecular weight excluding hydrogens is 625 g/mol. The fourth-order valence-corrected chi connectivity index (χ4v) is 6.08. The molecule has 16 heteroatoms. The molecule has 2 aromatic carbocycles. The lowest BCUT2D eigenvalue weighted by atomic mass is 10.2. The standard InChI is InChI=1S/C27H18Cl2F2N8O3S/c1-2-42-27-25-18(10-11-32-27)39(13-35-25)20-9-8-17-24(36-20)26(34-12-33-17)37-23-15(30)6-7-16(22(23)31)38-43(40,41)19-5-3-4-14(28)21(19)29/h3-13,38H,2H2,1H3,(H,33,34,37). The van der Waals surface area contributed by atoms with E-state index >= 15 is 4.39 Å². The van der Waals surface area contributed by atoms with E-state index < -0.39 is 33.0 Å². The molecule has 0 spiro atoms. The van der Waals surface area contributed by atoms with Crippen LogP contribution in [0.5, 0.6) is 5.88 Å². The summed E-state index contributed by atoms with van der Waals surface area (Å²) in [6, 6.07) is 10.9. The molecule has 2 N–H and O–H groups in total. The van der Waals surface area contributed by atoms with E-state index in [0.717, 1.165) is 12.1 Å². The van der Waals surface area contributed by atoms with Crippen LogP contribution < -0.4 is 14.8 Å². The van der Waals surface area contributed by atoms with E-state index in [1.165, 1.54) is 24.5 Å². The van der Waals surface area contributed by atoms with Crippen molar-refractivity contribution < 1.29 is 21.9 Å². The number of ether oxygens (including phenoxy) is 1. The summed E-state index contributed by atoms with van der Waals surface area (Å²) in [7, 11) is -4.40. The van der Waals surface area contributed by atoms with Gasteiger partial charge in [0.15, 0.2) is 17.2 Å². The highest BCUT2D eigenvalue weighted by molar-refractivity contribution is 7.92. The number of halogens is 4. The van der Waals surface area contributed by atoms with Gasteiger partial charge in [0.1, 0.15) is 40.4 Å². The molecule has 4 aromatic heterocycles. The largest absolute Gasteiger partial charge is 0.476 e. The zero-order valence-corrected chi connectivity index (χ0v) is 24.2. The van der Waals surface area contributed by atoms with Crippen molar-refractivity contribution in [2.75, 3.05) is 16.6 Å². The summed E-state index contributed by atoms with van der Waals surface area (Å²) in [6.07, 6.45) is 4.32. The maximum atomic E-state index is 15.6. The molecule has 0 unspecified atom stereocenters. The topological polar surface area (TPSA) is 137 Å². The molecule has 0 aliphatic heterocycles. The first-order chi connectivity index (χ1) is 20.7. The first kappa shape index (κ1) is 28.5. The number of benzene rings is 2. The first-order valence-electron chi connectivity index (χ1n) is 12.5. The number of aromatic nitrogens is 6. The Kier molecular flexibility index (Phi) is 7.42. The lowest BCUT2D eigenvalue weighted by Crippen LogP contribution is -2.15. The first-order valence-corrected chi connectivity index (χ1v) is 14.7. The Balaban J connectivity index is 1.39. The van der Waals surface area contributed by atoms with Gasteiger partial charge in [-0.15, -0.1) is 0 Å². The third-order valence-corrected chi connectivity index (χ3v) is 8.55. The van der Waals surface area contributed by atoms with Gasteiger partial charge in [0.2, 0.25) is 5.88 Å². The van der Waals surface area contributed by atoms with Crippen LogP contribution in [0.4, 0.5) is 26.0 Å². The van der Waals surface area contributed by atoms with Gasteiger partial charge in [0.05, 0.1) is 33.4 Å². The van der Waals surface area contributed by atoms with Crippen LogP contribution in [0.1, 0.15) is 6.92 Å². The fourth-order valence-electron chi connectivity index (χ4n) is 4.25. The molecule has 0 amide bonds. The lowest BCUT2D eigenvalue weighted by Gasteiger charge is -2.15. The monoisotopic (exact) mass is 642 g/mol. The van der Waals surface area contributed by atoms with Crippen molar-refractivity contribution in [2.45, 2.75) is 11.8 Å². The molecule has 0 fully saturated rings. The van der Waals surface area contributed by atoms with Gasteiger partial charge in [-0.2, -0.15) is 0 Å². The maximum absolute atomic E-state index is 15.6. The molecule has 4 heterocycles. The fraction of sp³-hybridized carbons (Fsp3) is 0.0741. The van der Waals surface area contributed by atoms with Gasteiger partial charge in [-0.05, 0) is 49.4 Å². The Morgan fingerprint density at radius 2 is 1.81 bits per heavy atom. The van der Waals surface area contributed by atoms with Crippen LogP contribution in [0.2, 0.25) is 10.0 Å². The number of anilines is 3. The highest BCUT2D eigenvalue weighted by atomic mass is 35.5. The second-order valence-corrected chi connectivity index (χ2v) is 11.3. The molecule has 11 nitrogen and oxygen atoms in total. The minimum absolute atomic E-state index is 0.0101. The van der Waals surface area contributed by atoms with Gasteiger partial charge in [-0.25, -0.2) is 42.1 Å². The Morgan fingerprint density at radius 3 is 2.63 bits per heavy atom. The molecule has 0 aliphatic rings. The SMILES string of the molecule is CCOc1nccc2c1ncn2-c1ccc2ncnc(Nc3c(F)ccc(NS(=O)(=O)c4cccc(Cl)c4Cl)c3F)c2n1. The minimum Gasteiger partial charge on any atom is -0.476 e. The van der Waals surface area contributed by atoms with Crippen molar-refractivity contribution >= 4 is 72.5 Å². The summed E-state index contributed by atoms with van der Waals surface area (Å²) >= 11 is 12.0. The molecule has 0 atom stereocenters. The zero-order chi connectivity index (χ0) is 30.3. The summed E-state index contributed by atoms with van der Waals surface area (Å²) in [5, 5.41) is 2.35. The number of hydrogen-bond acceptors (Lipinski definition) is 9. The third-order valence-electron chi connectivity index (χ3n) is 6.21. The average Bonchev–Trinajstić information content (AvgIpc) is 3.43. The highest BCUT2D eigenvalue weighted by Gasteiger charge is 2.24. The highest BCUT2D eigenvalue weighted by Crippen LogP contribution is 2.34. The summed E-state index contributed by atoms with van der Waals surface area (Å²) in [5.41, 5.74) is 0.512. The van der Waals surface area contributed by atoms with Crippen molar-refractivity contribution in [1.82, 2.24) is 29.5 Å². The Bertz CT molecular complexity index is 2150. The molecule has 0 saturated heterocycles. The van der Waals surface area contributed by atoms with Gasteiger partial charge in [0, 0.05) is 6.20 Å². The number of nitrogens with zero attached hydrogens (tertiary/aromatic N) is 6.